The number of aromatic nitrogens is 4. The summed E-state index contributed by atoms with van der Waals surface area (Å²) in [5.74, 6) is 3.13. The van der Waals surface area contributed by atoms with E-state index < -0.39 is 0 Å². The van der Waals surface area contributed by atoms with Gasteiger partial charge in [-0.25, -0.2) is 4.98 Å². The lowest BCUT2D eigenvalue weighted by molar-refractivity contribution is 0.899. The monoisotopic (exact) mass is 270 g/mol. The number of anilines is 3. The maximum absolute atomic E-state index is 4.57. The highest BCUT2D eigenvalue weighted by molar-refractivity contribution is 5.53. The first kappa shape index (κ1) is 11.7. The molecule has 2 aliphatic rings. The molecule has 3 heterocycles. The van der Waals surface area contributed by atoms with Crippen LogP contribution in [-0.4, -0.2) is 33.3 Å². The summed E-state index contributed by atoms with van der Waals surface area (Å²) in [4.78, 5) is 11.2. The third-order valence-electron chi connectivity index (χ3n) is 3.90. The second-order valence-electron chi connectivity index (χ2n) is 5.54. The molecule has 104 valence electrons. The van der Waals surface area contributed by atoms with Gasteiger partial charge in [0.25, 0.3) is 0 Å². The molecule has 0 amide bonds. The van der Waals surface area contributed by atoms with E-state index in [4.69, 9.17) is 0 Å². The van der Waals surface area contributed by atoms with Gasteiger partial charge in [-0.15, -0.1) is 0 Å². The summed E-state index contributed by atoms with van der Waals surface area (Å²) < 4.78 is 0. The number of rotatable bonds is 4. The predicted molar refractivity (Wildman–Crippen MR) is 77.3 cm³/mol. The van der Waals surface area contributed by atoms with Crippen LogP contribution in [0.3, 0.4) is 0 Å². The Balaban J connectivity index is 1.50. The number of hydrogen-bond acceptors (Lipinski definition) is 5. The molecule has 2 fully saturated rings. The molecule has 0 spiro atoms. The average Bonchev–Trinajstić information content (AvgIpc) is 3.00. The van der Waals surface area contributed by atoms with Crippen LogP contribution in [0.2, 0.25) is 0 Å². The predicted octanol–water partition coefficient (Wildman–Crippen LogP) is 2.42. The molecule has 1 saturated heterocycles. The van der Waals surface area contributed by atoms with Gasteiger partial charge in [0.2, 0.25) is 5.95 Å². The van der Waals surface area contributed by atoms with Crippen LogP contribution in [0.15, 0.2) is 18.3 Å². The lowest BCUT2D eigenvalue weighted by Crippen LogP contribution is -2.20. The summed E-state index contributed by atoms with van der Waals surface area (Å²) in [6, 6.07) is 3.96. The van der Waals surface area contributed by atoms with Crippen LogP contribution in [0.5, 0.6) is 0 Å². The van der Waals surface area contributed by atoms with Gasteiger partial charge in [0.05, 0.1) is 0 Å². The Morgan fingerprint density at radius 1 is 1.20 bits per heavy atom. The van der Waals surface area contributed by atoms with E-state index >= 15 is 0 Å². The van der Waals surface area contributed by atoms with Crippen LogP contribution < -0.4 is 10.2 Å². The number of aromatic amines is 1. The molecule has 2 aromatic heterocycles. The minimum atomic E-state index is 0.684. The molecule has 0 unspecified atom stereocenters. The van der Waals surface area contributed by atoms with E-state index in [1.54, 1.807) is 6.20 Å². The average molecular weight is 270 g/mol. The molecule has 0 radical (unpaired) electrons. The summed E-state index contributed by atoms with van der Waals surface area (Å²) in [7, 11) is 0. The smallest absolute Gasteiger partial charge is 0.227 e. The second-order valence-corrected chi connectivity index (χ2v) is 5.54. The van der Waals surface area contributed by atoms with Gasteiger partial charge in [-0.05, 0) is 31.7 Å². The standard InChI is InChI=1S/C14H18N6/c1-2-8-20(7-1)14-15-6-5-12(17-14)16-13-9-11(18-19-13)10-3-4-10/h5-6,9-10H,1-4,7-8H2,(H2,15,16,17,18,19). The minimum absolute atomic E-state index is 0.684. The van der Waals surface area contributed by atoms with Gasteiger partial charge in [0.1, 0.15) is 5.82 Å². The molecule has 1 aliphatic heterocycles. The van der Waals surface area contributed by atoms with Crippen molar-refractivity contribution in [3.63, 3.8) is 0 Å². The lowest BCUT2D eigenvalue weighted by atomic mass is 10.3. The number of H-pyrrole nitrogens is 1. The van der Waals surface area contributed by atoms with Crippen molar-refractivity contribution in [3.05, 3.63) is 24.0 Å². The quantitative estimate of drug-likeness (QED) is 0.893. The Morgan fingerprint density at radius 2 is 2.05 bits per heavy atom. The first-order chi connectivity index (χ1) is 9.88. The molecule has 2 N–H and O–H groups in total. The Bertz CT molecular complexity index is 597. The molecule has 1 aliphatic carbocycles. The van der Waals surface area contributed by atoms with Crippen molar-refractivity contribution in [1.82, 2.24) is 20.2 Å². The zero-order chi connectivity index (χ0) is 13.4. The van der Waals surface area contributed by atoms with Crippen LogP contribution in [0.25, 0.3) is 0 Å². The zero-order valence-corrected chi connectivity index (χ0v) is 11.3. The van der Waals surface area contributed by atoms with Crippen molar-refractivity contribution in [2.75, 3.05) is 23.3 Å². The molecule has 6 heteroatoms. The highest BCUT2D eigenvalue weighted by Gasteiger charge is 2.25. The Labute approximate surface area is 117 Å². The van der Waals surface area contributed by atoms with Crippen molar-refractivity contribution in [1.29, 1.82) is 0 Å². The summed E-state index contributed by atoms with van der Waals surface area (Å²) in [6.07, 6.45) is 6.80. The molecule has 20 heavy (non-hydrogen) atoms. The van der Waals surface area contributed by atoms with Gasteiger partial charge in [-0.1, -0.05) is 0 Å². The molecule has 2 aromatic rings. The lowest BCUT2D eigenvalue weighted by Gasteiger charge is -2.15. The zero-order valence-electron chi connectivity index (χ0n) is 11.3. The molecular weight excluding hydrogens is 252 g/mol. The molecule has 1 saturated carbocycles. The molecule has 6 nitrogen and oxygen atoms in total. The maximum Gasteiger partial charge on any atom is 0.227 e. The van der Waals surface area contributed by atoms with E-state index in [1.165, 1.54) is 31.4 Å². The van der Waals surface area contributed by atoms with E-state index in [-0.39, 0.29) is 0 Å². The van der Waals surface area contributed by atoms with Gasteiger partial charge in [0, 0.05) is 37.0 Å². The van der Waals surface area contributed by atoms with Crippen LogP contribution in [0.4, 0.5) is 17.6 Å². The normalized spacial score (nSPS) is 18.5. The van der Waals surface area contributed by atoms with Crippen molar-refractivity contribution >= 4 is 17.6 Å². The molecule has 0 aromatic carbocycles. The van der Waals surface area contributed by atoms with E-state index in [1.807, 2.05) is 6.07 Å². The van der Waals surface area contributed by atoms with Crippen molar-refractivity contribution in [2.24, 2.45) is 0 Å². The summed E-state index contributed by atoms with van der Waals surface area (Å²) >= 11 is 0. The van der Waals surface area contributed by atoms with E-state index in [0.29, 0.717) is 5.92 Å². The highest BCUT2D eigenvalue weighted by atomic mass is 15.3. The molecular formula is C14H18N6. The van der Waals surface area contributed by atoms with E-state index in [9.17, 15) is 0 Å². The fourth-order valence-corrected chi connectivity index (χ4v) is 2.62. The van der Waals surface area contributed by atoms with Gasteiger partial charge < -0.3 is 10.2 Å². The fourth-order valence-electron chi connectivity index (χ4n) is 2.62. The first-order valence-electron chi connectivity index (χ1n) is 7.29. The Morgan fingerprint density at radius 3 is 2.85 bits per heavy atom. The SMILES string of the molecule is c1cc(Nc2cc(C3CC3)[nH]n2)nc(N2CCCC2)n1. The Kier molecular flexibility index (Phi) is 2.79. The van der Waals surface area contributed by atoms with Crippen molar-refractivity contribution in [2.45, 2.75) is 31.6 Å². The summed E-state index contributed by atoms with van der Waals surface area (Å²) in [6.45, 7) is 2.11. The summed E-state index contributed by atoms with van der Waals surface area (Å²) in [5, 5.41) is 10.6. The van der Waals surface area contributed by atoms with Crippen molar-refractivity contribution < 1.29 is 0 Å². The number of nitrogens with zero attached hydrogens (tertiary/aromatic N) is 4. The third kappa shape index (κ3) is 2.33. The van der Waals surface area contributed by atoms with E-state index in [2.05, 4.69) is 36.4 Å². The number of hydrogen-bond donors (Lipinski definition) is 2. The van der Waals surface area contributed by atoms with Crippen LogP contribution in [0.1, 0.15) is 37.3 Å². The van der Waals surface area contributed by atoms with Crippen molar-refractivity contribution in [3.8, 4) is 0 Å². The summed E-state index contributed by atoms with van der Waals surface area (Å²) in [5.41, 5.74) is 1.22. The molecule has 0 bridgehead atoms. The third-order valence-corrected chi connectivity index (χ3v) is 3.90. The molecule has 4 rings (SSSR count). The van der Waals surface area contributed by atoms with Crippen LogP contribution in [-0.2, 0) is 0 Å². The largest absolute Gasteiger partial charge is 0.341 e. The van der Waals surface area contributed by atoms with Gasteiger partial charge in [0.15, 0.2) is 5.82 Å². The van der Waals surface area contributed by atoms with Crippen LogP contribution in [0, 0.1) is 0 Å². The second kappa shape index (κ2) is 4.77. The highest BCUT2D eigenvalue weighted by Crippen LogP contribution is 2.39. The minimum Gasteiger partial charge on any atom is -0.341 e. The van der Waals surface area contributed by atoms with Gasteiger partial charge >= 0.3 is 0 Å². The maximum atomic E-state index is 4.57. The van der Waals surface area contributed by atoms with Gasteiger partial charge in [-0.2, -0.15) is 10.1 Å². The van der Waals surface area contributed by atoms with Gasteiger partial charge in [-0.3, -0.25) is 5.10 Å². The fraction of sp³-hybridized carbons (Fsp3) is 0.500. The number of nitrogens with one attached hydrogen (secondary N) is 2. The van der Waals surface area contributed by atoms with Crippen LogP contribution >= 0.6 is 0 Å². The Hall–Kier alpha value is -2.11. The first-order valence-corrected chi connectivity index (χ1v) is 7.29. The molecule has 0 atom stereocenters. The van der Waals surface area contributed by atoms with E-state index in [0.717, 1.165) is 30.7 Å². The topological polar surface area (TPSA) is 69.7 Å².